The normalized spacial score (nSPS) is 15.5. The fourth-order valence-electron chi connectivity index (χ4n) is 2.22. The third-order valence-corrected chi connectivity index (χ3v) is 3.78. The fraction of sp³-hybridized carbons (Fsp3) is 0.412. The Morgan fingerprint density at radius 1 is 1.05 bits per heavy atom. The van der Waals surface area contributed by atoms with E-state index in [9.17, 15) is 0 Å². The maximum Gasteiger partial charge on any atom is 0.142 e. The summed E-state index contributed by atoms with van der Waals surface area (Å²) in [6, 6.07) is 7.53. The Balaban J connectivity index is 0.00000242. The van der Waals surface area contributed by atoms with Crippen LogP contribution < -0.4 is 12.4 Å². The van der Waals surface area contributed by atoms with Gasteiger partial charge in [0, 0.05) is 10.6 Å². The number of hydrogen-bond acceptors (Lipinski definition) is 2. The third-order valence-electron chi connectivity index (χ3n) is 3.53. The molecular formula is C17H19Cl2NO2. The van der Waals surface area contributed by atoms with E-state index in [4.69, 9.17) is 21.4 Å². The van der Waals surface area contributed by atoms with Crippen molar-refractivity contribution in [3.05, 3.63) is 34.9 Å². The van der Waals surface area contributed by atoms with Crippen molar-refractivity contribution in [3.8, 4) is 23.7 Å². The van der Waals surface area contributed by atoms with Gasteiger partial charge in [0.1, 0.15) is 32.8 Å². The highest BCUT2D eigenvalue weighted by Gasteiger charge is 2.28. The summed E-state index contributed by atoms with van der Waals surface area (Å²) < 4.78 is 6.25. The van der Waals surface area contributed by atoms with Gasteiger partial charge in [-0.05, 0) is 36.1 Å². The Bertz CT molecular complexity index is 573. The second-order valence-electron chi connectivity index (χ2n) is 5.04. The van der Waals surface area contributed by atoms with Gasteiger partial charge in [-0.1, -0.05) is 23.4 Å². The average molecular weight is 340 g/mol. The first-order valence-corrected chi connectivity index (χ1v) is 7.36. The summed E-state index contributed by atoms with van der Waals surface area (Å²) in [5.41, 5.74) is 0.965. The van der Waals surface area contributed by atoms with Crippen LogP contribution in [0.5, 0.6) is 0 Å². The highest BCUT2D eigenvalue weighted by atomic mass is 35.5. The molecule has 0 radical (unpaired) electrons. The van der Waals surface area contributed by atoms with Crippen molar-refractivity contribution in [2.24, 2.45) is 0 Å². The number of benzene rings is 1. The minimum Gasteiger partial charge on any atom is -1.00 e. The number of halogens is 2. The maximum absolute atomic E-state index is 8.78. The van der Waals surface area contributed by atoms with Crippen molar-refractivity contribution in [1.29, 1.82) is 0 Å². The molecule has 22 heavy (non-hydrogen) atoms. The molecule has 2 rings (SSSR count). The van der Waals surface area contributed by atoms with E-state index >= 15 is 0 Å². The summed E-state index contributed by atoms with van der Waals surface area (Å²) >= 11 is 5.86. The quantitative estimate of drug-likeness (QED) is 0.527. The van der Waals surface area contributed by atoms with Crippen molar-refractivity contribution < 1.29 is 26.7 Å². The predicted molar refractivity (Wildman–Crippen MR) is 83.7 cm³/mol. The van der Waals surface area contributed by atoms with Gasteiger partial charge < -0.3 is 22.3 Å². The minimum absolute atomic E-state index is 0. The summed E-state index contributed by atoms with van der Waals surface area (Å²) in [5.74, 6) is 12.2. The highest BCUT2D eigenvalue weighted by molar-refractivity contribution is 6.30. The summed E-state index contributed by atoms with van der Waals surface area (Å²) in [7, 11) is 0. The average Bonchev–Trinajstić information content (AvgIpc) is 2.51. The first kappa shape index (κ1) is 18.8. The van der Waals surface area contributed by atoms with E-state index in [1.165, 1.54) is 0 Å². The van der Waals surface area contributed by atoms with Crippen LogP contribution in [0.2, 0.25) is 5.02 Å². The van der Waals surface area contributed by atoms with Crippen molar-refractivity contribution in [1.82, 2.24) is 0 Å². The lowest BCUT2D eigenvalue weighted by Crippen LogP contribution is -3.00. The summed E-state index contributed by atoms with van der Waals surface area (Å²) in [4.78, 5) is 0. The van der Waals surface area contributed by atoms with Gasteiger partial charge in [0.05, 0.1) is 13.2 Å². The van der Waals surface area contributed by atoms with Crippen LogP contribution in [0, 0.1) is 23.7 Å². The predicted octanol–water partition coefficient (Wildman–Crippen LogP) is -1.46. The molecule has 5 heteroatoms. The molecule has 0 amide bonds. The SMILES string of the molecule is OCC#CC[N+]1(CC#Cc2ccc(Cl)cc2)CCOCC1.[Cl-]. The second kappa shape index (κ2) is 9.74. The van der Waals surface area contributed by atoms with E-state index in [1.807, 2.05) is 24.3 Å². The number of hydrogen-bond donors (Lipinski definition) is 1. The first-order valence-electron chi connectivity index (χ1n) is 6.98. The van der Waals surface area contributed by atoms with Crippen LogP contribution in [-0.4, -0.2) is 55.6 Å². The number of morpholine rings is 1. The van der Waals surface area contributed by atoms with Crippen LogP contribution >= 0.6 is 11.6 Å². The number of aliphatic hydroxyl groups excluding tert-OH is 1. The van der Waals surface area contributed by atoms with Crippen LogP contribution in [0.15, 0.2) is 24.3 Å². The third kappa shape index (κ3) is 5.89. The lowest BCUT2D eigenvalue weighted by atomic mass is 10.2. The van der Waals surface area contributed by atoms with Crippen LogP contribution in [0.25, 0.3) is 0 Å². The van der Waals surface area contributed by atoms with E-state index < -0.39 is 0 Å². The molecule has 1 aromatic rings. The molecule has 1 saturated heterocycles. The first-order chi connectivity index (χ1) is 10.2. The largest absolute Gasteiger partial charge is 1.00 e. The molecule has 3 nitrogen and oxygen atoms in total. The van der Waals surface area contributed by atoms with E-state index in [0.29, 0.717) is 6.54 Å². The van der Waals surface area contributed by atoms with Crippen LogP contribution in [0.4, 0.5) is 0 Å². The molecule has 1 aromatic carbocycles. The zero-order chi connectivity index (χ0) is 15.0. The molecule has 0 atom stereocenters. The van der Waals surface area contributed by atoms with Gasteiger partial charge in [0.15, 0.2) is 0 Å². The lowest BCUT2D eigenvalue weighted by molar-refractivity contribution is -0.922. The van der Waals surface area contributed by atoms with E-state index in [1.54, 1.807) is 0 Å². The zero-order valence-electron chi connectivity index (χ0n) is 12.3. The molecule has 0 unspecified atom stereocenters. The molecule has 0 aliphatic carbocycles. The van der Waals surface area contributed by atoms with Crippen LogP contribution in [-0.2, 0) is 4.74 Å². The Kier molecular flexibility index (Phi) is 8.35. The fourth-order valence-corrected chi connectivity index (χ4v) is 2.35. The topological polar surface area (TPSA) is 29.5 Å². The molecule has 0 bridgehead atoms. The Morgan fingerprint density at radius 2 is 1.68 bits per heavy atom. The zero-order valence-corrected chi connectivity index (χ0v) is 13.8. The van der Waals surface area contributed by atoms with Gasteiger partial charge in [-0.25, -0.2) is 0 Å². The van der Waals surface area contributed by atoms with Gasteiger partial charge >= 0.3 is 0 Å². The smallest absolute Gasteiger partial charge is 0.142 e. The number of rotatable bonds is 2. The second-order valence-corrected chi connectivity index (χ2v) is 5.47. The van der Waals surface area contributed by atoms with Crippen LogP contribution in [0.3, 0.4) is 0 Å². The Hall–Kier alpha value is -1.20. The summed E-state index contributed by atoms with van der Waals surface area (Å²) in [6.07, 6.45) is 0. The van der Waals surface area contributed by atoms with E-state index in [-0.39, 0.29) is 19.0 Å². The summed E-state index contributed by atoms with van der Waals surface area (Å²) in [5, 5.41) is 9.50. The van der Waals surface area contributed by atoms with Gasteiger partial charge in [-0.2, -0.15) is 0 Å². The standard InChI is InChI=1S/C17H19ClNO2.ClH/c18-17-7-5-16(6-8-17)4-3-10-19(9-1-2-13-20)11-14-21-15-12-19;/h5-8,20H,9-15H2;1H/q+1;/p-1. The lowest BCUT2D eigenvalue weighted by Gasteiger charge is -2.38. The minimum atomic E-state index is -0.0903. The van der Waals surface area contributed by atoms with Gasteiger partial charge in [0.25, 0.3) is 0 Å². The number of quaternary nitrogens is 1. The molecule has 1 N–H and O–H groups in total. The van der Waals surface area contributed by atoms with Gasteiger partial charge in [-0.15, -0.1) is 0 Å². The Morgan fingerprint density at radius 3 is 2.32 bits per heavy atom. The molecule has 118 valence electrons. The number of aliphatic hydroxyl groups is 1. The maximum atomic E-state index is 8.78. The molecule has 1 aliphatic heterocycles. The monoisotopic (exact) mass is 339 g/mol. The van der Waals surface area contributed by atoms with Crippen molar-refractivity contribution in [2.45, 2.75) is 0 Å². The molecular weight excluding hydrogens is 321 g/mol. The van der Waals surface area contributed by atoms with E-state index in [0.717, 1.165) is 47.9 Å². The van der Waals surface area contributed by atoms with Crippen molar-refractivity contribution in [2.75, 3.05) is 46.0 Å². The number of nitrogens with zero attached hydrogens (tertiary/aromatic N) is 1. The highest BCUT2D eigenvalue weighted by Crippen LogP contribution is 2.11. The molecule has 0 spiro atoms. The summed E-state index contributed by atoms with van der Waals surface area (Å²) in [6.45, 7) is 4.66. The van der Waals surface area contributed by atoms with Crippen molar-refractivity contribution >= 4 is 11.6 Å². The van der Waals surface area contributed by atoms with E-state index in [2.05, 4.69) is 23.7 Å². The van der Waals surface area contributed by atoms with Gasteiger partial charge in [-0.3, -0.25) is 4.48 Å². The molecule has 0 saturated carbocycles. The molecule has 0 aromatic heterocycles. The van der Waals surface area contributed by atoms with Crippen LogP contribution in [0.1, 0.15) is 5.56 Å². The number of ether oxygens (including phenoxy) is 1. The molecule has 1 aliphatic rings. The molecule has 1 fully saturated rings. The van der Waals surface area contributed by atoms with Gasteiger partial charge in [0.2, 0.25) is 0 Å². The van der Waals surface area contributed by atoms with Crippen molar-refractivity contribution in [3.63, 3.8) is 0 Å². The molecule has 1 heterocycles. The Labute approximate surface area is 143 Å².